The zero-order valence-corrected chi connectivity index (χ0v) is 9.75. The van der Waals surface area contributed by atoms with Crippen molar-refractivity contribution < 1.29 is 0 Å². The summed E-state index contributed by atoms with van der Waals surface area (Å²) in [4.78, 5) is 10.7. The van der Waals surface area contributed by atoms with Crippen LogP contribution in [0.1, 0.15) is 6.92 Å². The van der Waals surface area contributed by atoms with Gasteiger partial charge in [0.2, 0.25) is 5.95 Å². The van der Waals surface area contributed by atoms with Crippen molar-refractivity contribution in [3.8, 4) is 0 Å². The molecule has 0 saturated heterocycles. The first-order chi connectivity index (χ1) is 7.63. The van der Waals surface area contributed by atoms with Gasteiger partial charge < -0.3 is 10.6 Å². The van der Waals surface area contributed by atoms with Gasteiger partial charge in [0.05, 0.1) is 11.6 Å². The van der Waals surface area contributed by atoms with Gasteiger partial charge in [-0.15, -0.1) is 0 Å². The number of fused-ring (bicyclic) bond motifs is 1. The molecular weight excluding hydrogens is 204 g/mol. The van der Waals surface area contributed by atoms with Gasteiger partial charge in [-0.1, -0.05) is 0 Å². The molecule has 2 aromatic rings. The van der Waals surface area contributed by atoms with Crippen molar-refractivity contribution in [3.63, 3.8) is 0 Å². The Labute approximate surface area is 94.1 Å². The summed E-state index contributed by atoms with van der Waals surface area (Å²) < 4.78 is 1.74. The normalized spacial score (nSPS) is 13.0. The van der Waals surface area contributed by atoms with Crippen molar-refractivity contribution in [2.24, 2.45) is 12.8 Å². The van der Waals surface area contributed by atoms with Gasteiger partial charge in [0.1, 0.15) is 0 Å². The number of likely N-dealkylation sites (N-methyl/N-ethyl adjacent to an activating group) is 1. The predicted molar refractivity (Wildman–Crippen MR) is 63.2 cm³/mol. The van der Waals surface area contributed by atoms with Crippen LogP contribution >= 0.6 is 0 Å². The molecule has 0 amide bonds. The standard InChI is InChI=1S/C10H16N6/c1-7(4-11)15(2)10-12-5-8-6-13-16(3)9(8)14-10/h5-7H,4,11H2,1-3H3. The Morgan fingerprint density at radius 2 is 2.25 bits per heavy atom. The van der Waals surface area contributed by atoms with E-state index >= 15 is 0 Å². The first-order valence-corrected chi connectivity index (χ1v) is 5.21. The molecule has 0 fully saturated rings. The molecule has 0 radical (unpaired) electrons. The van der Waals surface area contributed by atoms with Crippen LogP contribution in [0.4, 0.5) is 5.95 Å². The summed E-state index contributed by atoms with van der Waals surface area (Å²) in [5.41, 5.74) is 6.45. The first-order valence-electron chi connectivity index (χ1n) is 5.21. The lowest BCUT2D eigenvalue weighted by Crippen LogP contribution is -2.36. The maximum Gasteiger partial charge on any atom is 0.227 e. The van der Waals surface area contributed by atoms with Crippen LogP contribution in [0.3, 0.4) is 0 Å². The van der Waals surface area contributed by atoms with E-state index in [4.69, 9.17) is 5.73 Å². The molecule has 6 nitrogen and oxygen atoms in total. The van der Waals surface area contributed by atoms with Crippen LogP contribution in [0.25, 0.3) is 11.0 Å². The number of hydrogen-bond donors (Lipinski definition) is 1. The van der Waals surface area contributed by atoms with E-state index in [0.29, 0.717) is 12.5 Å². The average Bonchev–Trinajstić information content (AvgIpc) is 2.68. The largest absolute Gasteiger partial charge is 0.340 e. The number of hydrogen-bond acceptors (Lipinski definition) is 5. The second kappa shape index (κ2) is 4.05. The highest BCUT2D eigenvalue weighted by atomic mass is 15.3. The van der Waals surface area contributed by atoms with E-state index in [0.717, 1.165) is 11.0 Å². The molecule has 2 aromatic heterocycles. The van der Waals surface area contributed by atoms with Crippen molar-refractivity contribution in [3.05, 3.63) is 12.4 Å². The molecule has 1 atom stereocenters. The third-order valence-electron chi connectivity index (χ3n) is 2.78. The predicted octanol–water partition coefficient (Wildman–Crippen LogP) is 0.147. The Kier molecular flexibility index (Phi) is 2.74. The van der Waals surface area contributed by atoms with Gasteiger partial charge in [0, 0.05) is 32.9 Å². The van der Waals surface area contributed by atoms with Gasteiger partial charge in [-0.2, -0.15) is 10.1 Å². The van der Waals surface area contributed by atoms with Gasteiger partial charge in [-0.05, 0) is 6.92 Å². The topological polar surface area (TPSA) is 72.9 Å². The van der Waals surface area contributed by atoms with Gasteiger partial charge in [-0.3, -0.25) is 4.68 Å². The molecule has 86 valence electrons. The number of anilines is 1. The van der Waals surface area contributed by atoms with Crippen molar-refractivity contribution in [2.75, 3.05) is 18.5 Å². The van der Waals surface area contributed by atoms with Gasteiger partial charge in [-0.25, -0.2) is 4.98 Å². The second-order valence-electron chi connectivity index (χ2n) is 3.91. The molecule has 0 aliphatic carbocycles. The summed E-state index contributed by atoms with van der Waals surface area (Å²) >= 11 is 0. The SMILES string of the molecule is CC(CN)N(C)c1ncc2cnn(C)c2n1. The summed E-state index contributed by atoms with van der Waals surface area (Å²) in [6.45, 7) is 2.61. The Morgan fingerprint density at radius 3 is 2.94 bits per heavy atom. The van der Waals surface area contributed by atoms with E-state index in [9.17, 15) is 0 Å². The minimum Gasteiger partial charge on any atom is -0.340 e. The van der Waals surface area contributed by atoms with Crippen LogP contribution in [0.15, 0.2) is 12.4 Å². The number of aromatic nitrogens is 4. The minimum absolute atomic E-state index is 0.214. The van der Waals surface area contributed by atoms with E-state index < -0.39 is 0 Å². The summed E-state index contributed by atoms with van der Waals surface area (Å²) in [5, 5.41) is 5.08. The highest BCUT2D eigenvalue weighted by molar-refractivity contribution is 5.74. The molecule has 0 saturated carbocycles. The average molecular weight is 220 g/mol. The van der Waals surface area contributed by atoms with Crippen LogP contribution in [0.2, 0.25) is 0 Å². The van der Waals surface area contributed by atoms with Gasteiger partial charge >= 0.3 is 0 Å². The van der Waals surface area contributed by atoms with Crippen LogP contribution in [-0.4, -0.2) is 39.4 Å². The first kappa shape index (κ1) is 10.8. The van der Waals surface area contributed by atoms with E-state index in [1.807, 2.05) is 25.9 Å². The molecular formula is C10H16N6. The molecule has 6 heteroatoms. The Balaban J connectivity index is 2.41. The number of nitrogens with two attached hydrogens (primary N) is 1. The quantitative estimate of drug-likeness (QED) is 0.797. The molecule has 0 aliphatic rings. The lowest BCUT2D eigenvalue weighted by Gasteiger charge is -2.23. The molecule has 2 heterocycles. The molecule has 0 bridgehead atoms. The third-order valence-corrected chi connectivity index (χ3v) is 2.78. The maximum absolute atomic E-state index is 5.62. The number of rotatable bonds is 3. The smallest absolute Gasteiger partial charge is 0.227 e. The van der Waals surface area contributed by atoms with E-state index in [1.54, 1.807) is 17.1 Å². The molecule has 0 aliphatic heterocycles. The fourth-order valence-electron chi connectivity index (χ4n) is 1.45. The van der Waals surface area contributed by atoms with E-state index in [-0.39, 0.29) is 6.04 Å². The number of nitrogens with zero attached hydrogens (tertiary/aromatic N) is 5. The summed E-state index contributed by atoms with van der Waals surface area (Å²) in [7, 11) is 3.81. The van der Waals surface area contributed by atoms with E-state index in [1.165, 1.54) is 0 Å². The van der Waals surface area contributed by atoms with Crippen molar-refractivity contribution in [1.82, 2.24) is 19.7 Å². The highest BCUT2D eigenvalue weighted by Crippen LogP contribution is 2.14. The van der Waals surface area contributed by atoms with Gasteiger partial charge in [0.15, 0.2) is 5.65 Å². The molecule has 16 heavy (non-hydrogen) atoms. The van der Waals surface area contributed by atoms with Crippen LogP contribution < -0.4 is 10.6 Å². The van der Waals surface area contributed by atoms with Crippen molar-refractivity contribution in [1.29, 1.82) is 0 Å². The van der Waals surface area contributed by atoms with Crippen molar-refractivity contribution in [2.45, 2.75) is 13.0 Å². The van der Waals surface area contributed by atoms with Crippen LogP contribution in [-0.2, 0) is 7.05 Å². The van der Waals surface area contributed by atoms with E-state index in [2.05, 4.69) is 15.1 Å². The fourth-order valence-corrected chi connectivity index (χ4v) is 1.45. The minimum atomic E-state index is 0.214. The zero-order valence-electron chi connectivity index (χ0n) is 9.75. The zero-order chi connectivity index (χ0) is 11.7. The third kappa shape index (κ3) is 1.71. The second-order valence-corrected chi connectivity index (χ2v) is 3.91. The maximum atomic E-state index is 5.62. The fraction of sp³-hybridized carbons (Fsp3) is 0.500. The summed E-state index contributed by atoms with van der Waals surface area (Å²) in [6, 6.07) is 0.214. The molecule has 0 spiro atoms. The lowest BCUT2D eigenvalue weighted by molar-refractivity contribution is 0.677. The highest BCUT2D eigenvalue weighted by Gasteiger charge is 2.12. The Bertz CT molecular complexity index is 491. The summed E-state index contributed by atoms with van der Waals surface area (Å²) in [5.74, 6) is 0.675. The van der Waals surface area contributed by atoms with Crippen LogP contribution in [0, 0.1) is 0 Å². The van der Waals surface area contributed by atoms with Crippen molar-refractivity contribution >= 4 is 17.0 Å². The molecule has 1 unspecified atom stereocenters. The Morgan fingerprint density at radius 1 is 1.50 bits per heavy atom. The lowest BCUT2D eigenvalue weighted by atomic mass is 10.3. The molecule has 0 aromatic carbocycles. The molecule has 2 rings (SSSR count). The summed E-state index contributed by atoms with van der Waals surface area (Å²) in [6.07, 6.45) is 3.54. The Hall–Kier alpha value is -1.69. The molecule has 2 N–H and O–H groups in total. The monoisotopic (exact) mass is 220 g/mol. The van der Waals surface area contributed by atoms with Crippen LogP contribution in [0.5, 0.6) is 0 Å². The van der Waals surface area contributed by atoms with Gasteiger partial charge in [0.25, 0.3) is 0 Å². The number of aryl methyl sites for hydroxylation is 1.